The summed E-state index contributed by atoms with van der Waals surface area (Å²) in [5, 5.41) is 2.92. The molecule has 0 saturated carbocycles. The van der Waals surface area contributed by atoms with Crippen LogP contribution in [-0.2, 0) is 11.2 Å². The van der Waals surface area contributed by atoms with Gasteiger partial charge in [0.25, 0.3) is 0 Å². The van der Waals surface area contributed by atoms with Crippen molar-refractivity contribution in [2.45, 2.75) is 46.1 Å². The minimum absolute atomic E-state index is 0.0383. The molecule has 0 saturated heterocycles. The maximum Gasteiger partial charge on any atom is 0.316 e. The molecule has 1 aromatic heterocycles. The highest BCUT2D eigenvalue weighted by molar-refractivity contribution is 5.76. The molecule has 5 heteroatoms. The standard InChI is InChI=1S/C13H21N3O2/c1-5-18-12-14-8-10(9-15-12)6-7-11(17)16-13(2,3)4/h8-9H,5-7H2,1-4H3,(H,16,17). The highest BCUT2D eigenvalue weighted by Gasteiger charge is 2.13. The van der Waals surface area contributed by atoms with E-state index in [-0.39, 0.29) is 11.4 Å². The second kappa shape index (κ2) is 6.33. The SMILES string of the molecule is CCOc1ncc(CCC(=O)NC(C)(C)C)cn1. The lowest BCUT2D eigenvalue weighted by Crippen LogP contribution is -2.40. The van der Waals surface area contributed by atoms with E-state index in [0.29, 0.717) is 25.5 Å². The average Bonchev–Trinajstić information content (AvgIpc) is 2.26. The summed E-state index contributed by atoms with van der Waals surface area (Å²) in [5.74, 6) is 0.0383. The normalized spacial score (nSPS) is 11.1. The first-order chi connectivity index (χ1) is 8.40. The molecule has 0 aliphatic heterocycles. The summed E-state index contributed by atoms with van der Waals surface area (Å²) in [4.78, 5) is 19.7. The number of carbonyl (C=O) groups excluding carboxylic acids is 1. The van der Waals surface area contributed by atoms with Crippen LogP contribution >= 0.6 is 0 Å². The summed E-state index contributed by atoms with van der Waals surface area (Å²) in [7, 11) is 0. The van der Waals surface area contributed by atoms with Crippen molar-refractivity contribution in [2.24, 2.45) is 0 Å². The Labute approximate surface area is 108 Å². The van der Waals surface area contributed by atoms with Gasteiger partial charge in [-0.25, -0.2) is 9.97 Å². The van der Waals surface area contributed by atoms with Crippen molar-refractivity contribution in [3.05, 3.63) is 18.0 Å². The molecule has 1 amide bonds. The number of aromatic nitrogens is 2. The largest absolute Gasteiger partial charge is 0.464 e. The van der Waals surface area contributed by atoms with Gasteiger partial charge in [-0.05, 0) is 39.7 Å². The Balaban J connectivity index is 2.41. The molecule has 0 aliphatic carbocycles. The van der Waals surface area contributed by atoms with Gasteiger partial charge in [0.15, 0.2) is 0 Å². The Kier molecular flexibility index (Phi) is 5.07. The Morgan fingerprint density at radius 1 is 1.33 bits per heavy atom. The Bertz CT molecular complexity index is 382. The van der Waals surface area contributed by atoms with Crippen LogP contribution in [-0.4, -0.2) is 28.0 Å². The topological polar surface area (TPSA) is 64.1 Å². The molecule has 0 atom stereocenters. The maximum atomic E-state index is 11.6. The predicted molar refractivity (Wildman–Crippen MR) is 69.4 cm³/mol. The van der Waals surface area contributed by atoms with Crippen molar-refractivity contribution in [1.29, 1.82) is 0 Å². The van der Waals surface area contributed by atoms with Gasteiger partial charge in [0.2, 0.25) is 5.91 Å². The fraction of sp³-hybridized carbons (Fsp3) is 0.615. The molecule has 100 valence electrons. The molecule has 0 spiro atoms. The van der Waals surface area contributed by atoms with Crippen molar-refractivity contribution in [3.63, 3.8) is 0 Å². The third-order valence-electron chi connectivity index (χ3n) is 2.11. The van der Waals surface area contributed by atoms with Gasteiger partial charge in [0, 0.05) is 24.4 Å². The fourth-order valence-electron chi connectivity index (χ4n) is 1.41. The average molecular weight is 251 g/mol. The summed E-state index contributed by atoms with van der Waals surface area (Å²) in [5.41, 5.74) is 0.745. The van der Waals surface area contributed by atoms with E-state index >= 15 is 0 Å². The van der Waals surface area contributed by atoms with Gasteiger partial charge < -0.3 is 10.1 Å². The number of amides is 1. The van der Waals surface area contributed by atoms with Crippen molar-refractivity contribution in [3.8, 4) is 6.01 Å². The first kappa shape index (κ1) is 14.4. The Morgan fingerprint density at radius 2 is 1.94 bits per heavy atom. The van der Waals surface area contributed by atoms with Gasteiger partial charge >= 0.3 is 6.01 Å². The minimum Gasteiger partial charge on any atom is -0.464 e. The van der Waals surface area contributed by atoms with E-state index in [1.54, 1.807) is 12.4 Å². The number of hydrogen-bond acceptors (Lipinski definition) is 4. The van der Waals surface area contributed by atoms with Crippen LogP contribution in [0.15, 0.2) is 12.4 Å². The van der Waals surface area contributed by atoms with Gasteiger partial charge in [-0.1, -0.05) is 0 Å². The van der Waals surface area contributed by atoms with Crippen molar-refractivity contribution in [1.82, 2.24) is 15.3 Å². The van der Waals surface area contributed by atoms with Crippen LogP contribution in [0, 0.1) is 0 Å². The number of aryl methyl sites for hydroxylation is 1. The van der Waals surface area contributed by atoms with E-state index in [1.165, 1.54) is 0 Å². The van der Waals surface area contributed by atoms with Gasteiger partial charge in [0.05, 0.1) is 6.61 Å². The zero-order valence-corrected chi connectivity index (χ0v) is 11.5. The highest BCUT2D eigenvalue weighted by atomic mass is 16.5. The molecular weight excluding hydrogens is 230 g/mol. The van der Waals surface area contributed by atoms with E-state index in [2.05, 4.69) is 15.3 Å². The molecule has 1 rings (SSSR count). The summed E-state index contributed by atoms with van der Waals surface area (Å²) in [6, 6.07) is 0.375. The summed E-state index contributed by atoms with van der Waals surface area (Å²) < 4.78 is 5.15. The summed E-state index contributed by atoms with van der Waals surface area (Å²) >= 11 is 0. The maximum absolute atomic E-state index is 11.6. The molecule has 0 radical (unpaired) electrons. The van der Waals surface area contributed by atoms with Crippen molar-refractivity contribution < 1.29 is 9.53 Å². The zero-order valence-electron chi connectivity index (χ0n) is 11.5. The first-order valence-electron chi connectivity index (χ1n) is 6.15. The van der Waals surface area contributed by atoms with Crippen LogP contribution in [0.25, 0.3) is 0 Å². The van der Waals surface area contributed by atoms with Gasteiger partial charge in [-0.15, -0.1) is 0 Å². The Morgan fingerprint density at radius 3 is 2.44 bits per heavy atom. The van der Waals surface area contributed by atoms with Crippen LogP contribution in [0.3, 0.4) is 0 Å². The molecule has 18 heavy (non-hydrogen) atoms. The number of ether oxygens (including phenoxy) is 1. The smallest absolute Gasteiger partial charge is 0.316 e. The fourth-order valence-corrected chi connectivity index (χ4v) is 1.41. The lowest BCUT2D eigenvalue weighted by molar-refractivity contribution is -0.122. The van der Waals surface area contributed by atoms with E-state index in [9.17, 15) is 4.79 Å². The molecule has 0 fully saturated rings. The van der Waals surface area contributed by atoms with E-state index < -0.39 is 0 Å². The number of rotatable bonds is 5. The van der Waals surface area contributed by atoms with Gasteiger partial charge in [-0.3, -0.25) is 4.79 Å². The quantitative estimate of drug-likeness (QED) is 0.865. The molecule has 1 heterocycles. The van der Waals surface area contributed by atoms with Gasteiger partial charge in [0.1, 0.15) is 0 Å². The van der Waals surface area contributed by atoms with Crippen molar-refractivity contribution >= 4 is 5.91 Å². The van der Waals surface area contributed by atoms with Crippen LogP contribution in [0.2, 0.25) is 0 Å². The summed E-state index contributed by atoms with van der Waals surface area (Å²) in [6.07, 6.45) is 4.47. The molecule has 0 aromatic carbocycles. The number of hydrogen-bond donors (Lipinski definition) is 1. The van der Waals surface area contributed by atoms with E-state index in [1.807, 2.05) is 27.7 Å². The molecule has 0 unspecified atom stereocenters. The van der Waals surface area contributed by atoms with E-state index in [0.717, 1.165) is 5.56 Å². The predicted octanol–water partition coefficient (Wildman–Crippen LogP) is 1.72. The molecule has 0 aliphatic rings. The van der Waals surface area contributed by atoms with Crippen molar-refractivity contribution in [2.75, 3.05) is 6.61 Å². The monoisotopic (exact) mass is 251 g/mol. The third kappa shape index (κ3) is 5.61. The zero-order chi connectivity index (χ0) is 13.6. The number of nitrogens with one attached hydrogen (secondary N) is 1. The second-order valence-corrected chi connectivity index (χ2v) is 5.11. The van der Waals surface area contributed by atoms with Crippen LogP contribution in [0.1, 0.15) is 39.7 Å². The molecular formula is C13H21N3O2. The third-order valence-corrected chi connectivity index (χ3v) is 2.11. The molecule has 5 nitrogen and oxygen atoms in total. The Hall–Kier alpha value is -1.65. The molecule has 1 aromatic rings. The van der Waals surface area contributed by atoms with E-state index in [4.69, 9.17) is 4.74 Å². The van der Waals surface area contributed by atoms with Crippen LogP contribution < -0.4 is 10.1 Å². The van der Waals surface area contributed by atoms with Crippen LogP contribution in [0.5, 0.6) is 6.01 Å². The summed E-state index contributed by atoms with van der Waals surface area (Å²) in [6.45, 7) is 8.32. The lowest BCUT2D eigenvalue weighted by atomic mass is 10.1. The number of nitrogens with zero attached hydrogens (tertiary/aromatic N) is 2. The second-order valence-electron chi connectivity index (χ2n) is 5.11. The number of carbonyl (C=O) groups is 1. The highest BCUT2D eigenvalue weighted by Crippen LogP contribution is 2.06. The van der Waals surface area contributed by atoms with Crippen LogP contribution in [0.4, 0.5) is 0 Å². The molecule has 0 bridgehead atoms. The first-order valence-corrected chi connectivity index (χ1v) is 6.15. The molecule has 1 N–H and O–H groups in total. The lowest BCUT2D eigenvalue weighted by Gasteiger charge is -2.20. The van der Waals surface area contributed by atoms with Gasteiger partial charge in [-0.2, -0.15) is 0 Å². The minimum atomic E-state index is -0.188.